The van der Waals surface area contributed by atoms with Gasteiger partial charge in [0.1, 0.15) is 0 Å². The molecule has 1 saturated heterocycles. The number of hydrogen-bond donors (Lipinski definition) is 2. The summed E-state index contributed by atoms with van der Waals surface area (Å²) in [6, 6.07) is 17.3. The first-order chi connectivity index (χ1) is 13.7. The molecule has 0 atom stereocenters. The molecule has 0 unspecified atom stereocenters. The van der Waals surface area contributed by atoms with Crippen LogP contribution in [-0.2, 0) is 6.54 Å². The fourth-order valence-corrected chi connectivity index (χ4v) is 3.39. The van der Waals surface area contributed by atoms with Crippen LogP contribution < -0.4 is 11.0 Å². The molecular weight excluding hydrogens is 354 g/mol. The third kappa shape index (κ3) is 3.99. The monoisotopic (exact) mass is 375 g/mol. The zero-order chi connectivity index (χ0) is 19.3. The molecule has 2 N–H and O–H groups in total. The molecule has 7 nitrogen and oxygen atoms in total. The highest BCUT2D eigenvalue weighted by molar-refractivity contribution is 6.05. The molecule has 3 aromatic rings. The molecule has 1 aromatic heterocycles. The van der Waals surface area contributed by atoms with Gasteiger partial charge in [0, 0.05) is 43.6 Å². The standard InChI is InChI=1S/C21H21N5O2/c27-20-18-9-5-4-8-17(18)19(23-24-20)21(28)25-22-16-10-12-26(13-11-16)14-15-6-2-1-3-7-15/h1-9H,10-14H2,(H,24,27)(H,25,28). The normalized spacial score (nSPS) is 14.8. The molecule has 1 aliphatic heterocycles. The van der Waals surface area contributed by atoms with Crippen molar-refractivity contribution in [2.45, 2.75) is 19.4 Å². The Labute approximate surface area is 162 Å². The van der Waals surface area contributed by atoms with Crippen LogP contribution in [-0.4, -0.2) is 39.8 Å². The van der Waals surface area contributed by atoms with Crippen molar-refractivity contribution < 1.29 is 4.79 Å². The van der Waals surface area contributed by atoms with Crippen LogP contribution in [0.3, 0.4) is 0 Å². The van der Waals surface area contributed by atoms with Gasteiger partial charge < -0.3 is 0 Å². The molecule has 1 amide bonds. The van der Waals surface area contributed by atoms with E-state index in [4.69, 9.17) is 0 Å². The number of nitrogens with zero attached hydrogens (tertiary/aromatic N) is 3. The van der Waals surface area contributed by atoms with E-state index in [0.29, 0.717) is 10.8 Å². The lowest BCUT2D eigenvalue weighted by Gasteiger charge is -2.27. The van der Waals surface area contributed by atoms with Crippen molar-refractivity contribution in [2.75, 3.05) is 13.1 Å². The summed E-state index contributed by atoms with van der Waals surface area (Å²) < 4.78 is 0. The van der Waals surface area contributed by atoms with Gasteiger partial charge in [-0.05, 0) is 11.6 Å². The number of rotatable bonds is 4. The van der Waals surface area contributed by atoms with Crippen molar-refractivity contribution in [3.05, 3.63) is 76.2 Å². The molecule has 0 aliphatic carbocycles. The Hall–Kier alpha value is -3.32. The molecule has 0 saturated carbocycles. The maximum atomic E-state index is 12.5. The van der Waals surface area contributed by atoms with Crippen molar-refractivity contribution in [1.82, 2.24) is 20.5 Å². The van der Waals surface area contributed by atoms with E-state index in [1.165, 1.54) is 5.56 Å². The first-order valence-corrected chi connectivity index (χ1v) is 9.30. The first kappa shape index (κ1) is 18.1. The SMILES string of the molecule is O=C(NN=C1CCN(Cc2ccccc2)CC1)c1n[nH]c(=O)c2ccccc12. The summed E-state index contributed by atoms with van der Waals surface area (Å²) in [6.45, 7) is 2.74. The summed E-state index contributed by atoms with van der Waals surface area (Å²) in [5.74, 6) is -0.424. The smallest absolute Gasteiger partial charge is 0.292 e. The van der Waals surface area contributed by atoms with Crippen molar-refractivity contribution in [3.8, 4) is 0 Å². The molecule has 0 bridgehead atoms. The van der Waals surface area contributed by atoms with E-state index >= 15 is 0 Å². The molecule has 4 rings (SSSR count). The van der Waals surface area contributed by atoms with Crippen LogP contribution in [0, 0.1) is 0 Å². The molecule has 28 heavy (non-hydrogen) atoms. The third-order valence-corrected chi connectivity index (χ3v) is 4.91. The van der Waals surface area contributed by atoms with E-state index in [9.17, 15) is 9.59 Å². The van der Waals surface area contributed by atoms with Crippen LogP contribution in [0.4, 0.5) is 0 Å². The Morgan fingerprint density at radius 2 is 1.71 bits per heavy atom. The minimum Gasteiger partial charge on any atom is -0.298 e. The minimum absolute atomic E-state index is 0.168. The molecule has 2 heterocycles. The molecule has 1 aliphatic rings. The van der Waals surface area contributed by atoms with E-state index in [-0.39, 0.29) is 11.3 Å². The molecule has 1 fully saturated rings. The van der Waals surface area contributed by atoms with Gasteiger partial charge in [-0.2, -0.15) is 10.2 Å². The fourth-order valence-electron chi connectivity index (χ4n) is 3.39. The van der Waals surface area contributed by atoms with Gasteiger partial charge in [-0.15, -0.1) is 0 Å². The highest BCUT2D eigenvalue weighted by Gasteiger charge is 2.17. The zero-order valence-corrected chi connectivity index (χ0v) is 15.4. The van der Waals surface area contributed by atoms with Gasteiger partial charge in [0.25, 0.3) is 11.5 Å². The topological polar surface area (TPSA) is 90.4 Å². The van der Waals surface area contributed by atoms with Crippen LogP contribution in [0.15, 0.2) is 64.5 Å². The molecule has 142 valence electrons. The number of hydrogen-bond acceptors (Lipinski definition) is 5. The predicted octanol–water partition coefficient (Wildman–Crippen LogP) is 2.30. The van der Waals surface area contributed by atoms with Crippen LogP contribution >= 0.6 is 0 Å². The number of amides is 1. The number of likely N-dealkylation sites (tertiary alicyclic amines) is 1. The van der Waals surface area contributed by atoms with Crippen molar-refractivity contribution in [1.29, 1.82) is 0 Å². The summed E-state index contributed by atoms with van der Waals surface area (Å²) in [5.41, 5.74) is 4.71. The Morgan fingerprint density at radius 3 is 2.46 bits per heavy atom. The lowest BCUT2D eigenvalue weighted by atomic mass is 10.1. The number of benzene rings is 2. The van der Waals surface area contributed by atoms with E-state index in [1.54, 1.807) is 24.3 Å². The Morgan fingerprint density at radius 1 is 1.04 bits per heavy atom. The summed E-state index contributed by atoms with van der Waals surface area (Å²) in [5, 5.41) is 11.5. The highest BCUT2D eigenvalue weighted by atomic mass is 16.2. The number of carbonyl (C=O) groups excluding carboxylic acids is 1. The van der Waals surface area contributed by atoms with E-state index in [2.05, 4.69) is 49.9 Å². The van der Waals surface area contributed by atoms with Gasteiger partial charge in [0.05, 0.1) is 5.39 Å². The number of fused-ring (bicyclic) bond motifs is 1. The lowest BCUT2D eigenvalue weighted by Crippen LogP contribution is -2.34. The van der Waals surface area contributed by atoms with Crippen molar-refractivity contribution >= 4 is 22.4 Å². The number of nitrogens with one attached hydrogen (secondary N) is 2. The quantitative estimate of drug-likeness (QED) is 0.685. The first-order valence-electron chi connectivity index (χ1n) is 9.30. The predicted molar refractivity (Wildman–Crippen MR) is 108 cm³/mol. The number of aromatic amines is 1. The minimum atomic E-state index is -0.424. The maximum Gasteiger partial charge on any atom is 0.292 e. The van der Waals surface area contributed by atoms with Gasteiger partial charge in [-0.1, -0.05) is 48.5 Å². The lowest BCUT2D eigenvalue weighted by molar-refractivity contribution is 0.0950. The van der Waals surface area contributed by atoms with Crippen molar-refractivity contribution in [2.24, 2.45) is 5.10 Å². The number of aromatic nitrogens is 2. The largest absolute Gasteiger partial charge is 0.298 e. The Bertz CT molecular complexity index is 1060. The van der Waals surface area contributed by atoms with E-state index in [1.807, 2.05) is 6.07 Å². The van der Waals surface area contributed by atoms with Gasteiger partial charge in [-0.25, -0.2) is 10.5 Å². The third-order valence-electron chi connectivity index (χ3n) is 4.91. The second-order valence-electron chi connectivity index (χ2n) is 6.83. The second kappa shape index (κ2) is 8.14. The van der Waals surface area contributed by atoms with E-state index in [0.717, 1.165) is 38.2 Å². The highest BCUT2D eigenvalue weighted by Crippen LogP contribution is 2.13. The summed E-state index contributed by atoms with van der Waals surface area (Å²) in [4.78, 5) is 26.7. The summed E-state index contributed by atoms with van der Waals surface area (Å²) in [6.07, 6.45) is 1.62. The summed E-state index contributed by atoms with van der Waals surface area (Å²) >= 11 is 0. The van der Waals surface area contributed by atoms with E-state index < -0.39 is 5.91 Å². The van der Waals surface area contributed by atoms with Crippen LogP contribution in [0.2, 0.25) is 0 Å². The average Bonchev–Trinajstić information content (AvgIpc) is 2.74. The Kier molecular flexibility index (Phi) is 5.25. The van der Waals surface area contributed by atoms with Crippen LogP contribution in [0.1, 0.15) is 28.9 Å². The molecule has 0 radical (unpaired) electrons. The molecule has 0 spiro atoms. The summed E-state index contributed by atoms with van der Waals surface area (Å²) in [7, 11) is 0. The number of piperidine rings is 1. The zero-order valence-electron chi connectivity index (χ0n) is 15.4. The van der Waals surface area contributed by atoms with Gasteiger partial charge in [0.2, 0.25) is 0 Å². The molecule has 7 heteroatoms. The molecular formula is C21H21N5O2. The Balaban J connectivity index is 1.38. The van der Waals surface area contributed by atoms with Crippen molar-refractivity contribution in [3.63, 3.8) is 0 Å². The van der Waals surface area contributed by atoms with Crippen LogP contribution in [0.25, 0.3) is 10.8 Å². The molecule has 2 aromatic carbocycles. The maximum absolute atomic E-state index is 12.5. The van der Waals surface area contributed by atoms with Gasteiger partial charge >= 0.3 is 0 Å². The van der Waals surface area contributed by atoms with Crippen LogP contribution in [0.5, 0.6) is 0 Å². The number of hydrazone groups is 1. The van der Waals surface area contributed by atoms with Gasteiger partial charge in [0.15, 0.2) is 5.69 Å². The van der Waals surface area contributed by atoms with Gasteiger partial charge in [-0.3, -0.25) is 14.5 Å². The number of carbonyl (C=O) groups is 1. The second-order valence-corrected chi connectivity index (χ2v) is 6.83. The number of H-pyrrole nitrogens is 1. The fraction of sp³-hybridized carbons (Fsp3) is 0.238. The average molecular weight is 375 g/mol.